The fourth-order valence-electron chi connectivity index (χ4n) is 3.42. The van der Waals surface area contributed by atoms with Crippen molar-refractivity contribution in [2.24, 2.45) is 0 Å². The Labute approximate surface area is 158 Å². The van der Waals surface area contributed by atoms with E-state index in [1.54, 1.807) is 24.5 Å². The molecule has 7 nitrogen and oxygen atoms in total. The molecule has 0 spiro atoms. The van der Waals surface area contributed by atoms with Crippen LogP contribution in [0.3, 0.4) is 0 Å². The number of hydrogen-bond acceptors (Lipinski definition) is 7. The van der Waals surface area contributed by atoms with Crippen LogP contribution < -0.4 is 14.8 Å². The van der Waals surface area contributed by atoms with Crippen molar-refractivity contribution < 1.29 is 23.4 Å². The zero-order valence-electron chi connectivity index (χ0n) is 15.2. The molecule has 1 fully saturated rings. The van der Waals surface area contributed by atoms with Gasteiger partial charge in [0.15, 0.2) is 17.3 Å². The van der Waals surface area contributed by atoms with Crippen LogP contribution in [0.15, 0.2) is 41.0 Å². The second-order valence-corrected chi connectivity index (χ2v) is 6.59. The molecule has 0 radical (unpaired) electrons. The maximum Gasteiger partial charge on any atom is 0.176 e. The minimum atomic E-state index is 0.0205. The molecule has 0 bridgehead atoms. The zero-order chi connectivity index (χ0) is 18.5. The van der Waals surface area contributed by atoms with E-state index in [1.807, 2.05) is 12.1 Å². The molecule has 144 valence electrons. The van der Waals surface area contributed by atoms with Gasteiger partial charge in [-0.25, -0.2) is 0 Å². The average Bonchev–Trinajstić information content (AvgIpc) is 3.26. The highest BCUT2D eigenvalue weighted by molar-refractivity contribution is 5.98. The lowest BCUT2D eigenvalue weighted by Gasteiger charge is -2.33. The van der Waals surface area contributed by atoms with Crippen molar-refractivity contribution in [1.82, 2.24) is 10.2 Å². The molecule has 2 aliphatic rings. The SMILES string of the molecule is O=C(CNCC(c1ccco1)N1CCOCC1)c1ccc2c(c1)OCCO2. The summed E-state index contributed by atoms with van der Waals surface area (Å²) in [5, 5.41) is 3.29. The van der Waals surface area contributed by atoms with E-state index >= 15 is 0 Å². The van der Waals surface area contributed by atoms with E-state index in [-0.39, 0.29) is 18.4 Å². The Morgan fingerprint density at radius 2 is 1.89 bits per heavy atom. The van der Waals surface area contributed by atoms with E-state index in [0.717, 1.165) is 18.8 Å². The number of morpholine rings is 1. The molecule has 1 N–H and O–H groups in total. The summed E-state index contributed by atoms with van der Waals surface area (Å²) < 4.78 is 22.1. The summed E-state index contributed by atoms with van der Waals surface area (Å²) in [7, 11) is 0. The lowest BCUT2D eigenvalue weighted by atomic mass is 10.1. The number of nitrogens with zero attached hydrogens (tertiary/aromatic N) is 1. The Morgan fingerprint density at radius 3 is 2.67 bits per heavy atom. The smallest absolute Gasteiger partial charge is 0.176 e. The third-order valence-corrected chi connectivity index (χ3v) is 4.85. The molecule has 2 aliphatic heterocycles. The van der Waals surface area contributed by atoms with Crippen LogP contribution >= 0.6 is 0 Å². The molecule has 1 aromatic heterocycles. The lowest BCUT2D eigenvalue weighted by Crippen LogP contribution is -2.43. The third-order valence-electron chi connectivity index (χ3n) is 4.85. The second-order valence-electron chi connectivity index (χ2n) is 6.59. The number of carbonyl (C=O) groups is 1. The van der Waals surface area contributed by atoms with E-state index in [9.17, 15) is 4.79 Å². The first-order chi connectivity index (χ1) is 13.3. The maximum atomic E-state index is 12.6. The van der Waals surface area contributed by atoms with Crippen molar-refractivity contribution in [1.29, 1.82) is 0 Å². The first-order valence-corrected chi connectivity index (χ1v) is 9.30. The van der Waals surface area contributed by atoms with Gasteiger partial charge < -0.3 is 23.9 Å². The van der Waals surface area contributed by atoms with Gasteiger partial charge in [-0.1, -0.05) is 0 Å². The predicted octanol–water partition coefficient (Wildman–Crippen LogP) is 1.90. The monoisotopic (exact) mass is 372 g/mol. The molecule has 27 heavy (non-hydrogen) atoms. The summed E-state index contributed by atoms with van der Waals surface area (Å²) in [6.45, 7) is 5.06. The quantitative estimate of drug-likeness (QED) is 0.744. The van der Waals surface area contributed by atoms with Crippen molar-refractivity contribution in [2.75, 3.05) is 52.6 Å². The van der Waals surface area contributed by atoms with Gasteiger partial charge in [-0.15, -0.1) is 0 Å². The molecule has 1 saturated heterocycles. The fourth-order valence-corrected chi connectivity index (χ4v) is 3.42. The van der Waals surface area contributed by atoms with Gasteiger partial charge in [0.2, 0.25) is 0 Å². The van der Waals surface area contributed by atoms with Crippen LogP contribution in [0.2, 0.25) is 0 Å². The van der Waals surface area contributed by atoms with E-state index in [2.05, 4.69) is 10.2 Å². The Balaban J connectivity index is 1.36. The number of carbonyl (C=O) groups excluding carboxylic acids is 1. The number of Topliss-reactive ketones (excluding diaryl/α,β-unsaturated/α-hetero) is 1. The average molecular weight is 372 g/mol. The Morgan fingerprint density at radius 1 is 1.07 bits per heavy atom. The molecular weight excluding hydrogens is 348 g/mol. The van der Waals surface area contributed by atoms with Gasteiger partial charge in [0, 0.05) is 25.2 Å². The van der Waals surface area contributed by atoms with Gasteiger partial charge in [0.25, 0.3) is 0 Å². The number of fused-ring (bicyclic) bond motifs is 1. The van der Waals surface area contributed by atoms with Crippen molar-refractivity contribution >= 4 is 5.78 Å². The highest BCUT2D eigenvalue weighted by atomic mass is 16.6. The van der Waals surface area contributed by atoms with Crippen LogP contribution in [0.1, 0.15) is 22.2 Å². The molecule has 2 aromatic rings. The predicted molar refractivity (Wildman–Crippen MR) is 98.5 cm³/mol. The van der Waals surface area contributed by atoms with Crippen molar-refractivity contribution in [3.05, 3.63) is 47.9 Å². The first-order valence-electron chi connectivity index (χ1n) is 9.30. The van der Waals surface area contributed by atoms with E-state index in [0.29, 0.717) is 50.0 Å². The molecule has 0 amide bonds. The molecule has 1 unspecified atom stereocenters. The van der Waals surface area contributed by atoms with Crippen LogP contribution in [0, 0.1) is 0 Å². The number of rotatable bonds is 7. The minimum Gasteiger partial charge on any atom is -0.486 e. The number of benzene rings is 1. The summed E-state index contributed by atoms with van der Waals surface area (Å²) in [6, 6.07) is 9.28. The lowest BCUT2D eigenvalue weighted by molar-refractivity contribution is 0.0118. The van der Waals surface area contributed by atoms with Crippen molar-refractivity contribution in [3.8, 4) is 11.5 Å². The van der Waals surface area contributed by atoms with Gasteiger partial charge in [0.1, 0.15) is 19.0 Å². The second kappa shape index (κ2) is 8.56. The van der Waals surface area contributed by atoms with E-state index < -0.39 is 0 Å². The van der Waals surface area contributed by atoms with Crippen molar-refractivity contribution in [2.45, 2.75) is 6.04 Å². The van der Waals surface area contributed by atoms with Crippen LogP contribution in [-0.2, 0) is 4.74 Å². The van der Waals surface area contributed by atoms with Gasteiger partial charge in [-0.05, 0) is 30.3 Å². The molecular formula is C20H24N2O5. The minimum absolute atomic E-state index is 0.0205. The van der Waals surface area contributed by atoms with E-state index in [4.69, 9.17) is 18.6 Å². The zero-order valence-corrected chi connectivity index (χ0v) is 15.2. The highest BCUT2D eigenvalue weighted by Gasteiger charge is 2.24. The summed E-state index contributed by atoms with van der Waals surface area (Å²) in [6.07, 6.45) is 1.68. The summed E-state index contributed by atoms with van der Waals surface area (Å²) in [5.41, 5.74) is 0.618. The Hall–Kier alpha value is -2.35. The Kier molecular flexibility index (Phi) is 5.72. The van der Waals surface area contributed by atoms with Gasteiger partial charge in [-0.2, -0.15) is 0 Å². The van der Waals surface area contributed by atoms with Crippen LogP contribution in [0.25, 0.3) is 0 Å². The van der Waals surface area contributed by atoms with Crippen LogP contribution in [0.5, 0.6) is 11.5 Å². The standard InChI is InChI=1S/C20H24N2O5/c23-17(15-3-4-19-20(12-15)27-11-10-26-19)14-21-13-16(18-2-1-7-25-18)22-5-8-24-9-6-22/h1-4,7,12,16,21H,5-6,8-11,13-14H2. The number of hydrogen-bond donors (Lipinski definition) is 1. The number of furan rings is 1. The van der Waals surface area contributed by atoms with Crippen molar-refractivity contribution in [3.63, 3.8) is 0 Å². The largest absolute Gasteiger partial charge is 0.486 e. The molecule has 1 atom stereocenters. The molecule has 0 aliphatic carbocycles. The molecule has 4 rings (SSSR count). The summed E-state index contributed by atoms with van der Waals surface area (Å²) >= 11 is 0. The van der Waals surface area contributed by atoms with Crippen LogP contribution in [0.4, 0.5) is 0 Å². The van der Waals surface area contributed by atoms with Gasteiger partial charge >= 0.3 is 0 Å². The van der Waals surface area contributed by atoms with Gasteiger partial charge in [0.05, 0.1) is 32.1 Å². The van der Waals surface area contributed by atoms with E-state index in [1.165, 1.54) is 0 Å². The molecule has 0 saturated carbocycles. The molecule has 7 heteroatoms. The first kappa shape index (κ1) is 18.0. The third kappa shape index (κ3) is 4.32. The molecule has 1 aromatic carbocycles. The topological polar surface area (TPSA) is 73.2 Å². The fraction of sp³-hybridized carbons (Fsp3) is 0.450. The Bertz CT molecular complexity index is 756. The summed E-state index contributed by atoms with van der Waals surface area (Å²) in [4.78, 5) is 14.9. The maximum absolute atomic E-state index is 12.6. The normalized spacial score (nSPS) is 18.2. The number of ether oxygens (including phenoxy) is 3. The highest BCUT2D eigenvalue weighted by Crippen LogP contribution is 2.30. The number of ketones is 1. The van der Waals surface area contributed by atoms with Gasteiger partial charge in [-0.3, -0.25) is 9.69 Å². The summed E-state index contributed by atoms with van der Waals surface area (Å²) in [5.74, 6) is 2.24. The molecule has 3 heterocycles. The van der Waals surface area contributed by atoms with Crippen LogP contribution in [-0.4, -0.2) is 63.3 Å². The number of nitrogens with one attached hydrogen (secondary N) is 1.